The number of benzene rings is 2. The fourth-order valence-electron chi connectivity index (χ4n) is 3.26. The number of amides is 2. The molecule has 1 heterocycles. The van der Waals surface area contributed by atoms with Crippen molar-refractivity contribution in [1.82, 2.24) is 4.90 Å². The molecular weight excluding hydrogens is 427 g/mol. The fraction of sp³-hybridized carbons (Fsp3) is 0.318. The quantitative estimate of drug-likeness (QED) is 0.608. The first-order chi connectivity index (χ1) is 14.8. The second-order valence-electron chi connectivity index (χ2n) is 7.16. The van der Waals surface area contributed by atoms with Crippen molar-refractivity contribution in [3.8, 4) is 5.75 Å². The number of nitrogens with zero attached hydrogens (tertiary/aromatic N) is 2. The normalized spacial score (nSPS) is 15.7. The number of carbonyl (C=O) groups is 3. The first kappa shape index (κ1) is 22.6. The molecule has 0 spiro atoms. The molecule has 31 heavy (non-hydrogen) atoms. The average Bonchev–Trinajstić information content (AvgIpc) is 3.16. The molecule has 1 aliphatic rings. The van der Waals surface area contributed by atoms with E-state index < -0.39 is 30.2 Å². The lowest BCUT2D eigenvalue weighted by molar-refractivity contribution is -0.155. The van der Waals surface area contributed by atoms with E-state index in [1.165, 1.54) is 42.2 Å². The smallest absolute Gasteiger partial charge is 0.311 e. The van der Waals surface area contributed by atoms with Gasteiger partial charge in [0.05, 0.1) is 13.0 Å². The third-order valence-electron chi connectivity index (χ3n) is 5.04. The molecule has 0 aromatic heterocycles. The largest absolute Gasteiger partial charge is 0.497 e. The third kappa shape index (κ3) is 5.32. The second kappa shape index (κ2) is 9.78. The van der Waals surface area contributed by atoms with Gasteiger partial charge in [0.2, 0.25) is 5.91 Å². The SMILES string of the molecule is COc1cccc(N2CC(C(=O)OCC(=O)N(C)Cc3c(F)cccc3Cl)CC2=O)c1. The molecule has 164 valence electrons. The van der Waals surface area contributed by atoms with E-state index >= 15 is 0 Å². The standard InChI is InChI=1S/C22H22ClFN2O5/c1-25(12-17-18(23)7-4-8-19(17)24)21(28)13-31-22(29)14-9-20(27)26(11-14)15-5-3-6-16(10-15)30-2/h3-8,10,14H,9,11-13H2,1-2H3. The second-order valence-corrected chi connectivity index (χ2v) is 7.57. The van der Waals surface area contributed by atoms with Crippen molar-refractivity contribution in [3.63, 3.8) is 0 Å². The van der Waals surface area contributed by atoms with E-state index in [1.807, 2.05) is 0 Å². The summed E-state index contributed by atoms with van der Waals surface area (Å²) in [5.41, 5.74) is 0.805. The van der Waals surface area contributed by atoms with Crippen LogP contribution in [0, 0.1) is 11.7 Å². The van der Waals surface area contributed by atoms with Gasteiger partial charge in [0, 0.05) is 48.9 Å². The Morgan fingerprint density at radius 1 is 1.26 bits per heavy atom. The molecule has 0 aliphatic carbocycles. The van der Waals surface area contributed by atoms with E-state index in [2.05, 4.69) is 0 Å². The lowest BCUT2D eigenvalue weighted by Gasteiger charge is -2.19. The minimum Gasteiger partial charge on any atom is -0.497 e. The van der Waals surface area contributed by atoms with Crippen molar-refractivity contribution in [2.24, 2.45) is 5.92 Å². The molecule has 0 bridgehead atoms. The maximum absolute atomic E-state index is 13.9. The van der Waals surface area contributed by atoms with Crippen LogP contribution in [0.25, 0.3) is 0 Å². The van der Waals surface area contributed by atoms with Gasteiger partial charge in [-0.05, 0) is 24.3 Å². The molecule has 0 radical (unpaired) electrons. The predicted octanol–water partition coefficient (Wildman–Crippen LogP) is 3.04. The number of likely N-dealkylation sites (N-methyl/N-ethyl adjacent to an activating group) is 1. The Balaban J connectivity index is 1.54. The van der Waals surface area contributed by atoms with Gasteiger partial charge < -0.3 is 19.3 Å². The Hall–Kier alpha value is -3.13. The van der Waals surface area contributed by atoms with Crippen LogP contribution in [0.5, 0.6) is 5.75 Å². The summed E-state index contributed by atoms with van der Waals surface area (Å²) in [5.74, 6) is -1.97. The van der Waals surface area contributed by atoms with Gasteiger partial charge in [0.1, 0.15) is 11.6 Å². The first-order valence-electron chi connectivity index (χ1n) is 9.58. The topological polar surface area (TPSA) is 76.2 Å². The van der Waals surface area contributed by atoms with E-state index in [0.717, 1.165) is 0 Å². The molecule has 3 rings (SSSR count). The Labute approximate surface area is 184 Å². The van der Waals surface area contributed by atoms with Crippen LogP contribution in [0.15, 0.2) is 42.5 Å². The molecule has 2 aromatic rings. The van der Waals surface area contributed by atoms with Gasteiger partial charge in [-0.2, -0.15) is 0 Å². The van der Waals surface area contributed by atoms with Gasteiger partial charge in [-0.1, -0.05) is 23.7 Å². The van der Waals surface area contributed by atoms with E-state index in [0.29, 0.717) is 11.4 Å². The van der Waals surface area contributed by atoms with Crippen LogP contribution >= 0.6 is 11.6 Å². The monoisotopic (exact) mass is 448 g/mol. The van der Waals surface area contributed by atoms with Crippen molar-refractivity contribution < 1.29 is 28.2 Å². The molecule has 7 nitrogen and oxygen atoms in total. The Morgan fingerprint density at radius 2 is 2.00 bits per heavy atom. The lowest BCUT2D eigenvalue weighted by Crippen LogP contribution is -2.33. The zero-order chi connectivity index (χ0) is 22.5. The number of anilines is 1. The Bertz CT molecular complexity index is 979. The van der Waals surface area contributed by atoms with E-state index in [-0.39, 0.29) is 36.0 Å². The molecule has 0 saturated carbocycles. The van der Waals surface area contributed by atoms with Crippen LogP contribution < -0.4 is 9.64 Å². The van der Waals surface area contributed by atoms with Crippen molar-refractivity contribution >= 4 is 35.1 Å². The van der Waals surface area contributed by atoms with Gasteiger partial charge >= 0.3 is 5.97 Å². The zero-order valence-electron chi connectivity index (χ0n) is 17.1. The summed E-state index contributed by atoms with van der Waals surface area (Å²) in [4.78, 5) is 39.8. The van der Waals surface area contributed by atoms with Crippen molar-refractivity contribution in [2.75, 3.05) is 32.2 Å². The summed E-state index contributed by atoms with van der Waals surface area (Å²) >= 11 is 5.98. The van der Waals surface area contributed by atoms with Gasteiger partial charge in [0.15, 0.2) is 6.61 Å². The number of ether oxygens (including phenoxy) is 2. The summed E-state index contributed by atoms with van der Waals surface area (Å²) < 4.78 is 24.2. The summed E-state index contributed by atoms with van der Waals surface area (Å²) in [6.45, 7) is -0.418. The molecule has 2 amide bonds. The van der Waals surface area contributed by atoms with Gasteiger partial charge in [0.25, 0.3) is 5.91 Å². The van der Waals surface area contributed by atoms with E-state index in [9.17, 15) is 18.8 Å². The minimum atomic E-state index is -0.683. The Kier molecular flexibility index (Phi) is 7.12. The molecular formula is C22H22ClFN2O5. The molecule has 1 unspecified atom stereocenters. The van der Waals surface area contributed by atoms with Crippen LogP contribution in [0.3, 0.4) is 0 Å². The molecule has 1 saturated heterocycles. The predicted molar refractivity (Wildman–Crippen MR) is 112 cm³/mol. The van der Waals surface area contributed by atoms with E-state index in [4.69, 9.17) is 21.1 Å². The van der Waals surface area contributed by atoms with Crippen LogP contribution in [-0.4, -0.2) is 50.0 Å². The average molecular weight is 449 g/mol. The van der Waals surface area contributed by atoms with Crippen LogP contribution in [0.4, 0.5) is 10.1 Å². The highest BCUT2D eigenvalue weighted by Gasteiger charge is 2.36. The summed E-state index contributed by atoms with van der Waals surface area (Å²) in [7, 11) is 2.99. The zero-order valence-corrected chi connectivity index (χ0v) is 17.9. The van der Waals surface area contributed by atoms with Crippen molar-refractivity contribution in [3.05, 3.63) is 58.9 Å². The number of hydrogen-bond donors (Lipinski definition) is 0. The number of hydrogen-bond acceptors (Lipinski definition) is 5. The first-order valence-corrected chi connectivity index (χ1v) is 9.96. The molecule has 1 atom stereocenters. The van der Waals surface area contributed by atoms with Crippen LogP contribution in [0.2, 0.25) is 5.02 Å². The van der Waals surface area contributed by atoms with E-state index in [1.54, 1.807) is 24.3 Å². The maximum Gasteiger partial charge on any atom is 0.311 e. The van der Waals surface area contributed by atoms with Crippen LogP contribution in [0.1, 0.15) is 12.0 Å². The van der Waals surface area contributed by atoms with Crippen molar-refractivity contribution in [2.45, 2.75) is 13.0 Å². The number of halogens is 2. The molecule has 1 aliphatic heterocycles. The number of methoxy groups -OCH3 is 1. The Morgan fingerprint density at radius 3 is 2.71 bits per heavy atom. The van der Waals surface area contributed by atoms with Gasteiger partial charge in [-0.15, -0.1) is 0 Å². The number of rotatable bonds is 7. The highest BCUT2D eigenvalue weighted by molar-refractivity contribution is 6.31. The highest BCUT2D eigenvalue weighted by Crippen LogP contribution is 2.28. The minimum absolute atomic E-state index is 0.00902. The summed E-state index contributed by atoms with van der Waals surface area (Å²) in [5, 5.41) is 0.207. The fourth-order valence-corrected chi connectivity index (χ4v) is 3.49. The molecule has 2 aromatic carbocycles. The van der Waals surface area contributed by atoms with Crippen LogP contribution in [-0.2, 0) is 25.7 Å². The van der Waals surface area contributed by atoms with Gasteiger partial charge in [-0.3, -0.25) is 14.4 Å². The maximum atomic E-state index is 13.9. The lowest BCUT2D eigenvalue weighted by atomic mass is 10.1. The number of esters is 1. The molecule has 0 N–H and O–H groups in total. The highest BCUT2D eigenvalue weighted by atomic mass is 35.5. The number of carbonyl (C=O) groups excluding carboxylic acids is 3. The van der Waals surface area contributed by atoms with Crippen molar-refractivity contribution in [1.29, 1.82) is 0 Å². The third-order valence-corrected chi connectivity index (χ3v) is 5.40. The summed E-state index contributed by atoms with van der Waals surface area (Å²) in [6, 6.07) is 11.2. The summed E-state index contributed by atoms with van der Waals surface area (Å²) in [6.07, 6.45) is -0.00902. The molecule has 9 heteroatoms. The van der Waals surface area contributed by atoms with Gasteiger partial charge in [-0.25, -0.2) is 4.39 Å². The molecule has 1 fully saturated rings.